The summed E-state index contributed by atoms with van der Waals surface area (Å²) >= 11 is 4.63. The highest BCUT2D eigenvalue weighted by Crippen LogP contribution is 2.37. The van der Waals surface area contributed by atoms with Crippen LogP contribution in [0.3, 0.4) is 0 Å². The lowest BCUT2D eigenvalue weighted by Gasteiger charge is -2.29. The Balaban J connectivity index is -0.000000160. The van der Waals surface area contributed by atoms with Gasteiger partial charge in [0.25, 0.3) is 0 Å². The van der Waals surface area contributed by atoms with E-state index in [2.05, 4.69) is 177 Å². The molecule has 1 aromatic carbocycles. The number of carbonyl (C=O) groups is 1. The number of methoxy groups -OCH3 is 1. The maximum atomic E-state index is 13.3. The maximum absolute atomic E-state index is 13.3. The SMILES string of the molecule is C#CC#CC#CC#CC#CC#CC#CC#CC#CC#CC#CC.COc1ccc(Cn2c(=O)n3ncnc3c3c4c(sc32)CN(C(=O)OC(C)(C)C)CC4)cc1.N=N/N=N/N(OO)OOS.[HH].[HH].[HH].[HH].[HH].[HH].[HH].[HH].[HH].[HH]. The number of nitrogens with zero attached hydrogens (tertiary/aromatic N) is 9. The van der Waals surface area contributed by atoms with E-state index < -0.39 is 5.60 Å². The number of nitrogens with one attached hydrogen (secondary N) is 1. The van der Waals surface area contributed by atoms with Gasteiger partial charge in [0.1, 0.15) is 22.5 Å². The van der Waals surface area contributed by atoms with E-state index in [0.29, 0.717) is 31.7 Å². The number of fused-ring (bicyclic) bond motifs is 5. The van der Waals surface area contributed by atoms with E-state index in [1.807, 2.05) is 45.0 Å². The molecular formula is C46H52N10O8S2. The van der Waals surface area contributed by atoms with E-state index in [4.69, 9.17) is 26.7 Å². The Morgan fingerprint density at radius 1 is 0.955 bits per heavy atom. The van der Waals surface area contributed by atoms with Gasteiger partial charge in [-0.15, -0.1) is 22.1 Å². The normalized spacial score (nSPS) is 9.88. The van der Waals surface area contributed by atoms with Gasteiger partial charge in [0.05, 0.1) is 30.9 Å². The van der Waals surface area contributed by atoms with Crippen molar-refractivity contribution in [2.45, 2.75) is 52.8 Å². The maximum Gasteiger partial charge on any atom is 0.410 e. The minimum absolute atomic E-state index is 0. The predicted molar refractivity (Wildman–Crippen MR) is 265 cm³/mol. The Morgan fingerprint density at radius 2 is 1.52 bits per heavy atom. The second kappa shape index (κ2) is 28.5. The molecular weight excluding hydrogens is 885 g/mol. The quantitative estimate of drug-likeness (QED) is 0.0400. The third-order valence-electron chi connectivity index (χ3n) is 7.27. The van der Waals surface area contributed by atoms with Gasteiger partial charge in [-0.05, 0) is 168 Å². The van der Waals surface area contributed by atoms with Gasteiger partial charge < -0.3 is 14.4 Å². The van der Waals surface area contributed by atoms with Crippen LogP contribution in [0.1, 0.15) is 58.0 Å². The number of terminal acetylenes is 1. The molecule has 0 bridgehead atoms. The monoisotopic (exact) mass is 936 g/mol. The highest BCUT2D eigenvalue weighted by Gasteiger charge is 2.30. The van der Waals surface area contributed by atoms with Crippen molar-refractivity contribution in [3.8, 4) is 137 Å². The van der Waals surface area contributed by atoms with Crippen LogP contribution in [-0.2, 0) is 38.6 Å². The minimum atomic E-state index is -0.552. The molecule has 0 saturated carbocycles. The lowest BCUT2D eigenvalue weighted by Crippen LogP contribution is -2.39. The van der Waals surface area contributed by atoms with Gasteiger partial charge in [0.15, 0.2) is 5.65 Å². The number of aromatic nitrogens is 4. The average Bonchev–Trinajstić information content (AvgIpc) is 3.95. The summed E-state index contributed by atoms with van der Waals surface area (Å²) in [5, 5.41) is 20.8. The van der Waals surface area contributed by atoms with Crippen LogP contribution in [0.2, 0.25) is 0 Å². The largest absolute Gasteiger partial charge is 0.497 e. The summed E-state index contributed by atoms with van der Waals surface area (Å²) in [5.41, 5.74) is 7.95. The van der Waals surface area contributed by atoms with Gasteiger partial charge in [0, 0.05) is 67.5 Å². The summed E-state index contributed by atoms with van der Waals surface area (Å²) in [6.45, 7) is 8.66. The number of carbonyl (C=O) groups excluding carboxylic acids is 1. The van der Waals surface area contributed by atoms with Crippen molar-refractivity contribution >= 4 is 46.2 Å². The van der Waals surface area contributed by atoms with Crippen molar-refractivity contribution < 1.29 is 48.1 Å². The van der Waals surface area contributed by atoms with Crippen LogP contribution in [0.15, 0.2) is 51.1 Å². The first-order valence-electron chi connectivity index (χ1n) is 18.2. The second-order valence-electron chi connectivity index (χ2n) is 12.6. The Kier molecular flexibility index (Phi) is 22.2. The van der Waals surface area contributed by atoms with Crippen LogP contribution >= 0.6 is 24.2 Å². The second-order valence-corrected chi connectivity index (χ2v) is 13.8. The molecule has 0 spiro atoms. The summed E-state index contributed by atoms with van der Waals surface area (Å²) in [6, 6.07) is 7.65. The van der Waals surface area contributed by atoms with Crippen LogP contribution in [-0.4, -0.2) is 60.0 Å². The molecule has 3 aromatic heterocycles. The molecule has 346 valence electrons. The Hall–Kier alpha value is -9.05. The molecule has 0 aliphatic carbocycles. The zero-order chi connectivity index (χ0) is 48.0. The van der Waals surface area contributed by atoms with E-state index in [-0.39, 0.29) is 31.4 Å². The first-order valence-corrected chi connectivity index (χ1v) is 19.4. The van der Waals surface area contributed by atoms with Crippen LogP contribution in [0.5, 0.6) is 5.75 Å². The fourth-order valence-electron chi connectivity index (χ4n) is 4.85. The Bertz CT molecular complexity index is 3270. The number of amides is 1. The lowest BCUT2D eigenvalue weighted by molar-refractivity contribution is -0.572. The Labute approximate surface area is 404 Å². The molecule has 18 nitrogen and oxygen atoms in total. The molecule has 0 unspecified atom stereocenters. The summed E-state index contributed by atoms with van der Waals surface area (Å²) in [4.78, 5) is 41.1. The van der Waals surface area contributed by atoms with Crippen LogP contribution in [0.4, 0.5) is 4.79 Å². The molecule has 1 aliphatic rings. The zero-order valence-corrected chi connectivity index (χ0v) is 37.2. The Morgan fingerprint density at radius 3 is 2.00 bits per heavy atom. The van der Waals surface area contributed by atoms with Gasteiger partial charge in [-0.25, -0.2) is 19.8 Å². The zero-order valence-electron chi connectivity index (χ0n) is 35.5. The van der Waals surface area contributed by atoms with Crippen LogP contribution in [0.25, 0.3) is 15.9 Å². The molecule has 2 N–H and O–H groups in total. The van der Waals surface area contributed by atoms with E-state index in [0.717, 1.165) is 32.0 Å². The van der Waals surface area contributed by atoms with E-state index >= 15 is 0 Å². The van der Waals surface area contributed by atoms with Gasteiger partial charge in [-0.1, -0.05) is 23.0 Å². The fraction of sp³-hybridized carbons (Fsp3) is 0.217. The third kappa shape index (κ3) is 17.4. The van der Waals surface area contributed by atoms with Gasteiger partial charge in [-0.3, -0.25) is 4.57 Å². The predicted octanol–water partition coefficient (Wildman–Crippen LogP) is 7.30. The number of hydrogen-bond acceptors (Lipinski definition) is 14. The number of rotatable bonds is 8. The fourth-order valence-corrected chi connectivity index (χ4v) is 6.26. The summed E-state index contributed by atoms with van der Waals surface area (Å²) in [6.07, 6.45) is 6.65. The smallest absolute Gasteiger partial charge is 0.410 e. The molecule has 20 heteroatoms. The van der Waals surface area contributed by atoms with Crippen molar-refractivity contribution in [1.29, 1.82) is 5.53 Å². The third-order valence-corrected chi connectivity index (χ3v) is 8.57. The van der Waals surface area contributed by atoms with Gasteiger partial charge in [0.2, 0.25) is 0 Å². The van der Waals surface area contributed by atoms with Gasteiger partial charge >= 0.3 is 11.8 Å². The molecule has 0 atom stereocenters. The van der Waals surface area contributed by atoms with E-state index in [1.54, 1.807) is 23.5 Å². The minimum Gasteiger partial charge on any atom is -0.497 e. The van der Waals surface area contributed by atoms with Crippen molar-refractivity contribution in [2.24, 2.45) is 15.7 Å². The highest BCUT2D eigenvalue weighted by molar-refractivity contribution is 7.74. The molecule has 4 aromatic rings. The van der Waals surface area contributed by atoms with E-state index in [9.17, 15) is 9.59 Å². The summed E-state index contributed by atoms with van der Waals surface area (Å²) in [7, 11) is 1.62. The average molecular weight is 937 g/mol. The number of thiol groups is 1. The van der Waals surface area contributed by atoms with Crippen molar-refractivity contribution in [1.82, 2.24) is 29.4 Å². The number of ether oxygens (including phenoxy) is 2. The van der Waals surface area contributed by atoms with E-state index in [1.165, 1.54) is 22.2 Å². The summed E-state index contributed by atoms with van der Waals surface area (Å²) < 4.78 is 17.6. The molecule has 0 radical (unpaired) electrons. The van der Waals surface area contributed by atoms with Crippen LogP contribution in [0, 0.1) is 136 Å². The molecule has 0 saturated heterocycles. The first kappa shape index (κ1) is 51.3. The summed E-state index contributed by atoms with van der Waals surface area (Å²) in [5.74, 6) is 52.7. The topological polar surface area (TPSA) is 203 Å². The number of thiophene rings is 1. The van der Waals surface area contributed by atoms with Crippen molar-refractivity contribution in [3.63, 3.8) is 0 Å². The molecule has 0 fully saturated rings. The molecule has 1 aliphatic heterocycles. The standard InChI is InChI=1S/C23H25N5O4S.C23H4.H3N5O4S.10H2/c1-23(2,3)32-22(30)26-10-9-16-17(12-26)33-20-18(16)19-24-13-25-28(19)21(29)27(20)11-14-5-7-15(31-4)8-6-14;1-3-5-7-9-11-13-15-17-19-21-23-22-20-18-16-14-12-10-8-6-4-2;1-2-3-4-5(7-6)8-9-10;;;;;;;;;;/h5-8,13H,9-12H2,1-4H3;1H,2H3;1,6,10H;10*1H/b;;2-1?,4-3+;;;;;;;;;;. The van der Waals surface area contributed by atoms with Crippen molar-refractivity contribution in [3.05, 3.63) is 57.1 Å². The lowest BCUT2D eigenvalue weighted by atomic mass is 10.1. The molecule has 66 heavy (non-hydrogen) atoms. The van der Waals surface area contributed by atoms with Gasteiger partial charge in [-0.2, -0.15) is 15.1 Å². The molecule has 4 heterocycles. The van der Waals surface area contributed by atoms with Crippen molar-refractivity contribution in [2.75, 3.05) is 13.7 Å². The van der Waals surface area contributed by atoms with Crippen LogP contribution < -0.4 is 10.4 Å². The molecule has 5 rings (SSSR count). The first-order chi connectivity index (χ1) is 32.0. The molecule has 1 amide bonds. The number of hydrogen-bond donors (Lipinski definition) is 3. The number of benzene rings is 1. The highest BCUT2D eigenvalue weighted by atomic mass is 32.1.